The molecule has 0 spiro atoms. The lowest BCUT2D eigenvalue weighted by Gasteiger charge is -2.38. The third-order valence-corrected chi connectivity index (χ3v) is 5.46. The van der Waals surface area contributed by atoms with Gasteiger partial charge in [-0.1, -0.05) is 6.07 Å². The lowest BCUT2D eigenvalue weighted by molar-refractivity contribution is 0.0512. The number of amides is 1. The second-order valence-corrected chi connectivity index (χ2v) is 6.87. The zero-order chi connectivity index (χ0) is 16.0. The standard InChI is InChI=1S/C18H22N4O/c1-12-3-4-14(9-13(12)2)18(23)21-15-5-6-16(21)11-17(10-15)22-19-7-8-20-22/h3-4,7-9,15-17H,5-6,10-11H2,1-2H3. The molecule has 5 heteroatoms. The van der Waals surface area contributed by atoms with E-state index >= 15 is 0 Å². The van der Waals surface area contributed by atoms with Crippen LogP contribution in [0.5, 0.6) is 0 Å². The van der Waals surface area contributed by atoms with Gasteiger partial charge in [0.05, 0.1) is 18.4 Å². The molecule has 0 radical (unpaired) electrons. The maximum Gasteiger partial charge on any atom is 0.254 e. The van der Waals surface area contributed by atoms with Gasteiger partial charge in [-0.15, -0.1) is 0 Å². The molecule has 2 bridgehead atoms. The summed E-state index contributed by atoms with van der Waals surface area (Å²) in [5, 5.41) is 8.58. The van der Waals surface area contributed by atoms with Crippen molar-refractivity contribution in [2.45, 2.75) is 57.7 Å². The molecule has 2 saturated heterocycles. The first kappa shape index (κ1) is 14.4. The summed E-state index contributed by atoms with van der Waals surface area (Å²) in [7, 11) is 0. The molecule has 5 nitrogen and oxygen atoms in total. The Kier molecular flexibility index (Phi) is 3.43. The quantitative estimate of drug-likeness (QED) is 0.857. The predicted octanol–water partition coefficient (Wildman–Crippen LogP) is 2.90. The van der Waals surface area contributed by atoms with E-state index < -0.39 is 0 Å². The van der Waals surface area contributed by atoms with E-state index in [-0.39, 0.29) is 5.91 Å². The molecule has 23 heavy (non-hydrogen) atoms. The van der Waals surface area contributed by atoms with Gasteiger partial charge in [0, 0.05) is 17.6 Å². The Labute approximate surface area is 136 Å². The predicted molar refractivity (Wildman–Crippen MR) is 87.2 cm³/mol. The molecule has 2 atom stereocenters. The fourth-order valence-electron chi connectivity index (χ4n) is 4.11. The molecule has 0 N–H and O–H groups in total. The highest BCUT2D eigenvalue weighted by atomic mass is 16.2. The number of hydrogen-bond donors (Lipinski definition) is 0. The number of aromatic nitrogens is 3. The highest BCUT2D eigenvalue weighted by Crippen LogP contribution is 2.41. The highest BCUT2D eigenvalue weighted by molar-refractivity contribution is 5.95. The van der Waals surface area contributed by atoms with Gasteiger partial charge in [-0.2, -0.15) is 15.0 Å². The number of fused-ring (bicyclic) bond motifs is 2. The van der Waals surface area contributed by atoms with Crippen molar-refractivity contribution in [2.24, 2.45) is 0 Å². The number of aryl methyl sites for hydroxylation is 2. The Morgan fingerprint density at radius 1 is 1.00 bits per heavy atom. The zero-order valence-corrected chi connectivity index (χ0v) is 13.6. The van der Waals surface area contributed by atoms with Gasteiger partial charge in [-0.25, -0.2) is 0 Å². The minimum Gasteiger partial charge on any atom is -0.333 e. The second-order valence-electron chi connectivity index (χ2n) is 6.87. The maximum atomic E-state index is 13.0. The SMILES string of the molecule is Cc1ccc(C(=O)N2C3CCC2CC(n2nccn2)C3)cc1C. The smallest absolute Gasteiger partial charge is 0.254 e. The van der Waals surface area contributed by atoms with Crippen LogP contribution in [0, 0.1) is 13.8 Å². The number of carbonyl (C=O) groups excluding carboxylic acids is 1. The number of hydrogen-bond acceptors (Lipinski definition) is 3. The molecule has 2 unspecified atom stereocenters. The van der Waals surface area contributed by atoms with E-state index in [0.29, 0.717) is 18.1 Å². The fourth-order valence-corrected chi connectivity index (χ4v) is 4.11. The van der Waals surface area contributed by atoms with E-state index in [1.807, 2.05) is 23.0 Å². The van der Waals surface area contributed by atoms with Gasteiger partial charge in [-0.05, 0) is 62.8 Å². The Bertz CT molecular complexity index is 711. The lowest BCUT2D eigenvalue weighted by Crippen LogP contribution is -2.47. The molecule has 2 aliphatic rings. The van der Waals surface area contributed by atoms with Crippen LogP contribution in [0.4, 0.5) is 0 Å². The van der Waals surface area contributed by atoms with Crippen molar-refractivity contribution in [3.05, 3.63) is 47.3 Å². The van der Waals surface area contributed by atoms with Gasteiger partial charge in [0.15, 0.2) is 0 Å². The van der Waals surface area contributed by atoms with Crippen molar-refractivity contribution in [1.82, 2.24) is 19.9 Å². The monoisotopic (exact) mass is 310 g/mol. The number of nitrogens with zero attached hydrogens (tertiary/aromatic N) is 4. The third kappa shape index (κ3) is 2.44. The first-order chi connectivity index (χ1) is 11.1. The first-order valence-electron chi connectivity index (χ1n) is 8.39. The van der Waals surface area contributed by atoms with Gasteiger partial charge in [0.2, 0.25) is 0 Å². The highest BCUT2D eigenvalue weighted by Gasteiger charge is 2.44. The van der Waals surface area contributed by atoms with E-state index in [1.165, 1.54) is 11.1 Å². The van der Waals surface area contributed by atoms with Crippen LogP contribution in [0.15, 0.2) is 30.6 Å². The summed E-state index contributed by atoms with van der Waals surface area (Å²) >= 11 is 0. The van der Waals surface area contributed by atoms with Crippen LogP contribution in [-0.2, 0) is 0 Å². The molecular weight excluding hydrogens is 288 g/mol. The van der Waals surface area contributed by atoms with Crippen LogP contribution >= 0.6 is 0 Å². The molecule has 4 rings (SSSR count). The second kappa shape index (κ2) is 5.48. The number of carbonyl (C=O) groups is 1. The van der Waals surface area contributed by atoms with E-state index in [2.05, 4.69) is 28.9 Å². The summed E-state index contributed by atoms with van der Waals surface area (Å²) in [5.74, 6) is 0.187. The van der Waals surface area contributed by atoms with Crippen LogP contribution in [0.2, 0.25) is 0 Å². The number of piperidine rings is 1. The Morgan fingerprint density at radius 2 is 1.65 bits per heavy atom. The summed E-state index contributed by atoms with van der Waals surface area (Å²) in [6, 6.07) is 7.00. The lowest BCUT2D eigenvalue weighted by atomic mass is 9.96. The molecule has 2 fully saturated rings. The van der Waals surface area contributed by atoms with Gasteiger partial charge >= 0.3 is 0 Å². The molecule has 2 aliphatic heterocycles. The van der Waals surface area contributed by atoms with Crippen LogP contribution < -0.4 is 0 Å². The molecular formula is C18H22N4O. The Hall–Kier alpha value is -2.17. The molecule has 2 aromatic rings. The van der Waals surface area contributed by atoms with E-state index in [0.717, 1.165) is 31.2 Å². The fraction of sp³-hybridized carbons (Fsp3) is 0.500. The molecule has 120 valence electrons. The molecule has 1 aromatic heterocycles. The third-order valence-electron chi connectivity index (χ3n) is 5.46. The van der Waals surface area contributed by atoms with Crippen LogP contribution in [0.3, 0.4) is 0 Å². The first-order valence-corrected chi connectivity index (χ1v) is 8.39. The molecule has 0 aliphatic carbocycles. The van der Waals surface area contributed by atoms with Crippen molar-refractivity contribution in [1.29, 1.82) is 0 Å². The van der Waals surface area contributed by atoms with Crippen molar-refractivity contribution in [3.8, 4) is 0 Å². The number of benzene rings is 1. The van der Waals surface area contributed by atoms with Crippen molar-refractivity contribution in [3.63, 3.8) is 0 Å². The summed E-state index contributed by atoms with van der Waals surface area (Å²) < 4.78 is 0. The van der Waals surface area contributed by atoms with Gasteiger partial charge in [0.1, 0.15) is 0 Å². The minimum atomic E-state index is 0.187. The molecule has 1 aromatic carbocycles. The number of rotatable bonds is 2. The van der Waals surface area contributed by atoms with Crippen LogP contribution in [0.1, 0.15) is 53.2 Å². The van der Waals surface area contributed by atoms with E-state index in [1.54, 1.807) is 12.4 Å². The summed E-state index contributed by atoms with van der Waals surface area (Å²) in [5.41, 5.74) is 3.23. The van der Waals surface area contributed by atoms with Crippen LogP contribution in [0.25, 0.3) is 0 Å². The normalized spacial score (nSPS) is 26.5. The Morgan fingerprint density at radius 3 is 2.26 bits per heavy atom. The average molecular weight is 310 g/mol. The summed E-state index contributed by atoms with van der Waals surface area (Å²) in [6.45, 7) is 4.15. The summed E-state index contributed by atoms with van der Waals surface area (Å²) in [6.07, 6.45) is 7.57. The van der Waals surface area contributed by atoms with E-state index in [4.69, 9.17) is 0 Å². The van der Waals surface area contributed by atoms with Crippen LogP contribution in [-0.4, -0.2) is 37.9 Å². The van der Waals surface area contributed by atoms with Crippen molar-refractivity contribution >= 4 is 5.91 Å². The minimum absolute atomic E-state index is 0.187. The maximum absolute atomic E-state index is 13.0. The zero-order valence-electron chi connectivity index (χ0n) is 13.6. The summed E-state index contributed by atoms with van der Waals surface area (Å²) in [4.78, 5) is 17.0. The largest absolute Gasteiger partial charge is 0.333 e. The van der Waals surface area contributed by atoms with Crippen molar-refractivity contribution in [2.75, 3.05) is 0 Å². The van der Waals surface area contributed by atoms with Crippen molar-refractivity contribution < 1.29 is 4.79 Å². The van der Waals surface area contributed by atoms with Gasteiger partial charge in [0.25, 0.3) is 5.91 Å². The molecule has 3 heterocycles. The topological polar surface area (TPSA) is 51.0 Å². The van der Waals surface area contributed by atoms with Gasteiger partial charge < -0.3 is 4.90 Å². The molecule has 1 amide bonds. The Balaban J connectivity index is 1.56. The van der Waals surface area contributed by atoms with E-state index in [9.17, 15) is 4.79 Å². The van der Waals surface area contributed by atoms with Gasteiger partial charge in [-0.3, -0.25) is 4.79 Å². The average Bonchev–Trinajstić information content (AvgIpc) is 3.16. The molecule has 0 saturated carbocycles.